The molecule has 8 rings (SSSR count). The van der Waals surface area contributed by atoms with Gasteiger partial charge in [0, 0.05) is 48.3 Å². The SMILES string of the molecule is C.CC(C)(C)N1CCCC1.CC(C)(C)N1CCCCC1.CC(C)(C)N1CCCCC1.CC(C)(C)N1CCCCC1.CC(C)CN1CCCC1.CC(C)CN1CCCCC1.CC(C)CN1CCCCC1.CC(C)CN1CCCCC1. The predicted octanol–water partition coefficient (Wildman–Crippen LogP) is 17.5. The van der Waals surface area contributed by atoms with Crippen molar-refractivity contribution in [3.05, 3.63) is 0 Å². The van der Waals surface area contributed by atoms with Crippen LogP contribution < -0.4 is 0 Å². The summed E-state index contributed by atoms with van der Waals surface area (Å²) in [5.41, 5.74) is 1.62. The molecular formula is C71H152N8. The molecular weight excluding hydrogens is 965 g/mol. The lowest BCUT2D eigenvalue weighted by Gasteiger charge is -2.38. The maximum absolute atomic E-state index is 2.59. The first-order valence-corrected chi connectivity index (χ1v) is 34.5. The van der Waals surface area contributed by atoms with Gasteiger partial charge in [0.2, 0.25) is 0 Å². The zero-order valence-corrected chi connectivity index (χ0v) is 57.6. The van der Waals surface area contributed by atoms with Gasteiger partial charge in [-0.2, -0.15) is 0 Å². The minimum atomic E-state index is 0. The molecule has 0 bridgehead atoms. The van der Waals surface area contributed by atoms with Crippen molar-refractivity contribution in [3.63, 3.8) is 0 Å². The summed E-state index contributed by atoms with van der Waals surface area (Å²) in [4.78, 5) is 20.6. The van der Waals surface area contributed by atoms with Crippen LogP contribution in [0.4, 0.5) is 0 Å². The number of nitrogens with zero attached hydrogens (tertiary/aromatic N) is 8. The molecule has 0 saturated carbocycles. The Hall–Kier alpha value is -0.320. The third-order valence-corrected chi connectivity index (χ3v) is 17.0. The van der Waals surface area contributed by atoms with Gasteiger partial charge >= 0.3 is 0 Å². The van der Waals surface area contributed by atoms with E-state index in [0.29, 0.717) is 22.2 Å². The summed E-state index contributed by atoms with van der Waals surface area (Å²) < 4.78 is 0. The van der Waals surface area contributed by atoms with Gasteiger partial charge in [-0.15, -0.1) is 0 Å². The van der Waals surface area contributed by atoms with Crippen molar-refractivity contribution in [3.8, 4) is 0 Å². The second kappa shape index (κ2) is 44.2. The summed E-state index contributed by atoms with van der Waals surface area (Å²) in [7, 11) is 0. The molecule has 0 atom stereocenters. The third-order valence-electron chi connectivity index (χ3n) is 17.0. The lowest BCUT2D eigenvalue weighted by Crippen LogP contribution is -2.44. The van der Waals surface area contributed by atoms with Crippen LogP contribution in [0.3, 0.4) is 0 Å². The molecule has 476 valence electrons. The summed E-state index contributed by atoms with van der Waals surface area (Å²) >= 11 is 0. The first-order chi connectivity index (χ1) is 36.6. The van der Waals surface area contributed by atoms with E-state index in [0.717, 1.165) is 23.7 Å². The van der Waals surface area contributed by atoms with E-state index >= 15 is 0 Å². The van der Waals surface area contributed by atoms with Crippen molar-refractivity contribution in [2.45, 2.75) is 309 Å². The van der Waals surface area contributed by atoms with Crippen molar-refractivity contribution in [2.24, 2.45) is 23.7 Å². The molecule has 8 aliphatic heterocycles. The second-order valence-electron chi connectivity index (χ2n) is 31.2. The van der Waals surface area contributed by atoms with E-state index in [-0.39, 0.29) is 7.43 Å². The number of hydrogen-bond acceptors (Lipinski definition) is 8. The van der Waals surface area contributed by atoms with Crippen molar-refractivity contribution in [1.82, 2.24) is 39.2 Å². The molecule has 8 heterocycles. The number of piperidine rings is 6. The van der Waals surface area contributed by atoms with Crippen LogP contribution in [0.5, 0.6) is 0 Å². The molecule has 0 radical (unpaired) electrons. The summed E-state index contributed by atoms with van der Waals surface area (Å²) in [6, 6.07) is 0. The van der Waals surface area contributed by atoms with E-state index in [4.69, 9.17) is 0 Å². The molecule has 8 nitrogen and oxygen atoms in total. The molecule has 0 aliphatic carbocycles. The Labute approximate surface area is 500 Å². The van der Waals surface area contributed by atoms with Gasteiger partial charge in [-0.1, -0.05) is 101 Å². The van der Waals surface area contributed by atoms with Crippen molar-refractivity contribution in [2.75, 3.05) is 131 Å². The van der Waals surface area contributed by atoms with E-state index in [1.54, 1.807) is 0 Å². The molecule has 0 aromatic heterocycles. The Kier molecular flexibility index (Phi) is 44.0. The van der Waals surface area contributed by atoms with E-state index in [1.165, 1.54) is 272 Å². The second-order valence-corrected chi connectivity index (χ2v) is 31.2. The molecule has 8 aliphatic rings. The van der Waals surface area contributed by atoms with Gasteiger partial charge in [0.1, 0.15) is 0 Å². The quantitative estimate of drug-likeness (QED) is 0.237. The van der Waals surface area contributed by atoms with E-state index in [2.05, 4.69) is 178 Å². The molecule has 0 aromatic rings. The molecule has 0 aromatic carbocycles. The Bertz CT molecular complexity index is 1180. The normalized spacial score (nSPS) is 22.2. The average Bonchev–Trinajstić information content (AvgIpc) is 4.12. The largest absolute Gasteiger partial charge is 0.303 e. The molecule has 0 spiro atoms. The van der Waals surface area contributed by atoms with Gasteiger partial charge in [-0.25, -0.2) is 0 Å². The maximum atomic E-state index is 2.59. The third kappa shape index (κ3) is 43.0. The monoisotopic (exact) mass is 1120 g/mol. The van der Waals surface area contributed by atoms with Gasteiger partial charge in [-0.3, -0.25) is 19.6 Å². The summed E-state index contributed by atoms with van der Waals surface area (Å²) in [5, 5.41) is 0. The van der Waals surface area contributed by atoms with Gasteiger partial charge < -0.3 is 19.6 Å². The fourth-order valence-electron chi connectivity index (χ4n) is 12.5. The standard InChI is InChI=1S/6C9H19N.2C8H17N.CH4/c3*1-9(2,3)10-7-5-4-6-8-10;3*1-9(2)8-10-6-4-3-5-7-10;1-8(2,3)9-6-4-5-7-9;1-8(2)7-9-5-3-4-6-9;/h3*4-8H2,1-3H3;3*9H,3-8H2,1-2H3;4-7H2,1-3H3;8H,3-7H2,1-2H3;1H4. The zero-order valence-electron chi connectivity index (χ0n) is 57.6. The van der Waals surface area contributed by atoms with Crippen LogP contribution in [0.1, 0.15) is 287 Å². The van der Waals surface area contributed by atoms with Crippen LogP contribution in [0.2, 0.25) is 0 Å². The molecule has 79 heavy (non-hydrogen) atoms. The van der Waals surface area contributed by atoms with Crippen LogP contribution in [0, 0.1) is 23.7 Å². The highest BCUT2D eigenvalue weighted by Crippen LogP contribution is 2.23. The van der Waals surface area contributed by atoms with Crippen molar-refractivity contribution >= 4 is 0 Å². The van der Waals surface area contributed by atoms with E-state index in [9.17, 15) is 0 Å². The molecule has 0 unspecified atom stereocenters. The van der Waals surface area contributed by atoms with E-state index < -0.39 is 0 Å². The van der Waals surface area contributed by atoms with Crippen molar-refractivity contribution in [1.29, 1.82) is 0 Å². The number of hydrogen-bond donors (Lipinski definition) is 0. The van der Waals surface area contributed by atoms with Gasteiger partial charge in [0.05, 0.1) is 0 Å². The van der Waals surface area contributed by atoms with E-state index in [1.807, 2.05) is 0 Å². The highest BCUT2D eigenvalue weighted by molar-refractivity contribution is 4.82. The lowest BCUT2D eigenvalue weighted by molar-refractivity contribution is 0.110. The minimum absolute atomic E-state index is 0. The van der Waals surface area contributed by atoms with Crippen LogP contribution in [-0.2, 0) is 0 Å². The van der Waals surface area contributed by atoms with Crippen LogP contribution >= 0.6 is 0 Å². The first-order valence-electron chi connectivity index (χ1n) is 34.5. The maximum Gasteiger partial charge on any atom is 0.0125 e. The van der Waals surface area contributed by atoms with Crippen molar-refractivity contribution < 1.29 is 0 Å². The molecule has 0 amide bonds. The molecule has 8 heteroatoms. The van der Waals surface area contributed by atoms with Crippen LogP contribution in [0.15, 0.2) is 0 Å². The van der Waals surface area contributed by atoms with Crippen LogP contribution in [0.25, 0.3) is 0 Å². The predicted molar refractivity (Wildman–Crippen MR) is 359 cm³/mol. The van der Waals surface area contributed by atoms with Gasteiger partial charge in [0.15, 0.2) is 0 Å². The van der Waals surface area contributed by atoms with Gasteiger partial charge in [0.25, 0.3) is 0 Å². The summed E-state index contributed by atoms with van der Waals surface area (Å²) in [5.74, 6) is 3.39. The first kappa shape index (κ1) is 78.7. The fraction of sp³-hybridized carbons (Fsp3) is 1.00. The minimum Gasteiger partial charge on any atom is -0.303 e. The fourth-order valence-corrected chi connectivity index (χ4v) is 12.5. The Morgan fingerprint density at radius 1 is 0.203 bits per heavy atom. The Morgan fingerprint density at radius 3 is 0.430 bits per heavy atom. The number of likely N-dealkylation sites (tertiary alicyclic amines) is 8. The molecule has 8 fully saturated rings. The smallest absolute Gasteiger partial charge is 0.0125 e. The highest BCUT2D eigenvalue weighted by Gasteiger charge is 2.25. The lowest BCUT2D eigenvalue weighted by atomic mass is 10.0. The average molecular weight is 1120 g/mol. The Morgan fingerprint density at radius 2 is 0.316 bits per heavy atom. The van der Waals surface area contributed by atoms with Crippen LogP contribution in [-0.4, -0.2) is 192 Å². The van der Waals surface area contributed by atoms with Gasteiger partial charge in [-0.05, 0) is 314 Å². The summed E-state index contributed by atoms with van der Waals surface area (Å²) in [6.07, 6.45) is 31.3. The zero-order chi connectivity index (χ0) is 58.6. The highest BCUT2D eigenvalue weighted by atomic mass is 15.2. The molecule has 8 saturated heterocycles. The summed E-state index contributed by atoms with van der Waals surface area (Å²) in [6.45, 7) is 72.4. The molecule has 0 N–H and O–H groups in total. The topological polar surface area (TPSA) is 25.9 Å². The number of rotatable bonds is 8. The Balaban J connectivity index is 0.000000879.